The molecule has 0 saturated carbocycles. The van der Waals surface area contributed by atoms with Crippen LogP contribution in [0.5, 0.6) is 0 Å². The highest BCUT2D eigenvalue weighted by Crippen LogP contribution is 2.17. The van der Waals surface area contributed by atoms with E-state index in [9.17, 15) is 14.4 Å². The minimum atomic E-state index is -0.769. The van der Waals surface area contributed by atoms with Crippen molar-refractivity contribution in [2.45, 2.75) is 19.9 Å². The van der Waals surface area contributed by atoms with E-state index < -0.39 is 17.8 Å². The van der Waals surface area contributed by atoms with E-state index in [1.165, 1.54) is 7.05 Å². The zero-order chi connectivity index (χ0) is 13.3. The zero-order valence-corrected chi connectivity index (χ0v) is 10.3. The highest BCUT2D eigenvalue weighted by molar-refractivity contribution is 6.44. The summed E-state index contributed by atoms with van der Waals surface area (Å²) in [6, 6.07) is 7.02. The molecule has 1 aliphatic heterocycles. The Labute approximate surface area is 105 Å². The molecule has 0 bridgehead atoms. The topological polar surface area (TPSA) is 57.7 Å². The first-order valence-electron chi connectivity index (χ1n) is 5.76. The lowest BCUT2D eigenvalue weighted by Gasteiger charge is -2.15. The maximum absolute atomic E-state index is 11.7. The number of imide groups is 2. The van der Waals surface area contributed by atoms with Crippen molar-refractivity contribution < 1.29 is 14.4 Å². The Morgan fingerprint density at radius 2 is 1.61 bits per heavy atom. The van der Waals surface area contributed by atoms with E-state index >= 15 is 0 Å². The summed E-state index contributed by atoms with van der Waals surface area (Å²) in [5, 5.41) is 0. The Balaban J connectivity index is 2.27. The second kappa shape index (κ2) is 4.60. The van der Waals surface area contributed by atoms with Crippen molar-refractivity contribution in [3.8, 4) is 0 Å². The van der Waals surface area contributed by atoms with Gasteiger partial charge in [0.2, 0.25) is 0 Å². The molecule has 0 aliphatic carbocycles. The van der Waals surface area contributed by atoms with Crippen molar-refractivity contribution in [2.24, 2.45) is 0 Å². The fraction of sp³-hybridized carbons (Fsp3) is 0.308. The van der Waals surface area contributed by atoms with Gasteiger partial charge in [-0.3, -0.25) is 19.4 Å². The molecule has 94 valence electrons. The van der Waals surface area contributed by atoms with Gasteiger partial charge in [-0.15, -0.1) is 0 Å². The average molecular weight is 246 g/mol. The molecule has 1 heterocycles. The van der Waals surface area contributed by atoms with Gasteiger partial charge in [-0.1, -0.05) is 31.2 Å². The Bertz CT molecular complexity index is 525. The third-order valence-corrected chi connectivity index (χ3v) is 3.08. The van der Waals surface area contributed by atoms with Gasteiger partial charge < -0.3 is 0 Å². The summed E-state index contributed by atoms with van der Waals surface area (Å²) >= 11 is 0. The van der Waals surface area contributed by atoms with Gasteiger partial charge in [-0.25, -0.2) is 4.79 Å². The lowest BCUT2D eigenvalue weighted by Crippen LogP contribution is -2.31. The number of hydrogen-bond acceptors (Lipinski definition) is 3. The van der Waals surface area contributed by atoms with E-state index in [2.05, 4.69) is 0 Å². The van der Waals surface area contributed by atoms with Crippen molar-refractivity contribution in [1.82, 2.24) is 9.80 Å². The average Bonchev–Trinajstić information content (AvgIpc) is 2.57. The molecule has 0 unspecified atom stereocenters. The summed E-state index contributed by atoms with van der Waals surface area (Å²) in [5.74, 6) is -1.53. The second-order valence-electron chi connectivity index (χ2n) is 4.16. The van der Waals surface area contributed by atoms with Crippen LogP contribution < -0.4 is 0 Å². The van der Waals surface area contributed by atoms with Crippen LogP contribution >= 0.6 is 0 Å². The summed E-state index contributed by atoms with van der Waals surface area (Å²) in [5.41, 5.74) is 1.96. The molecule has 4 amide bonds. The lowest BCUT2D eigenvalue weighted by molar-refractivity contribution is -0.143. The number of likely N-dealkylation sites (N-methyl/N-ethyl adjacent to an activating group) is 1. The van der Waals surface area contributed by atoms with E-state index in [-0.39, 0.29) is 6.54 Å². The molecule has 5 heteroatoms. The molecular formula is C13H14N2O3. The van der Waals surface area contributed by atoms with E-state index in [1.807, 2.05) is 31.2 Å². The van der Waals surface area contributed by atoms with Crippen LogP contribution in [0.25, 0.3) is 0 Å². The molecule has 0 spiro atoms. The second-order valence-corrected chi connectivity index (χ2v) is 4.16. The SMILES string of the molecule is CCc1ccccc1CN1C(=O)C(=O)N(C)C1=O. The van der Waals surface area contributed by atoms with Crippen LogP contribution in [0.1, 0.15) is 18.1 Å². The van der Waals surface area contributed by atoms with Gasteiger partial charge in [0.05, 0.1) is 6.54 Å². The maximum atomic E-state index is 11.7. The molecule has 2 rings (SSSR count). The number of carbonyl (C=O) groups excluding carboxylic acids is 3. The number of amides is 4. The first kappa shape index (κ1) is 12.3. The van der Waals surface area contributed by atoms with Crippen LogP contribution in [0.2, 0.25) is 0 Å². The molecule has 18 heavy (non-hydrogen) atoms. The molecule has 0 radical (unpaired) electrons. The smallest absolute Gasteiger partial charge is 0.263 e. The van der Waals surface area contributed by atoms with Gasteiger partial charge in [0.15, 0.2) is 0 Å². The molecule has 1 aromatic rings. The summed E-state index contributed by atoms with van der Waals surface area (Å²) in [6.45, 7) is 2.15. The van der Waals surface area contributed by atoms with Gasteiger partial charge in [0.25, 0.3) is 0 Å². The highest BCUT2D eigenvalue weighted by atomic mass is 16.2. The van der Waals surface area contributed by atoms with Crippen molar-refractivity contribution in [2.75, 3.05) is 7.05 Å². The Morgan fingerprint density at radius 3 is 2.11 bits per heavy atom. The molecule has 1 fully saturated rings. The first-order chi connectivity index (χ1) is 8.56. The number of benzene rings is 1. The molecule has 5 nitrogen and oxygen atoms in total. The Kier molecular flexibility index (Phi) is 3.14. The van der Waals surface area contributed by atoms with Crippen LogP contribution in [0.3, 0.4) is 0 Å². The predicted octanol–water partition coefficient (Wildman–Crippen LogP) is 1.17. The number of hydrogen-bond donors (Lipinski definition) is 0. The summed E-state index contributed by atoms with van der Waals surface area (Å²) in [7, 11) is 1.31. The first-order valence-corrected chi connectivity index (χ1v) is 5.76. The molecular weight excluding hydrogens is 232 g/mol. The highest BCUT2D eigenvalue weighted by Gasteiger charge is 2.42. The fourth-order valence-corrected chi connectivity index (χ4v) is 1.98. The fourth-order valence-electron chi connectivity index (χ4n) is 1.98. The normalized spacial score (nSPS) is 15.8. The summed E-state index contributed by atoms with van der Waals surface area (Å²) < 4.78 is 0. The molecule has 0 N–H and O–H groups in total. The quantitative estimate of drug-likeness (QED) is 0.594. The molecule has 1 aliphatic rings. The molecule has 1 aromatic carbocycles. The van der Waals surface area contributed by atoms with E-state index in [0.717, 1.165) is 27.3 Å². The number of rotatable bonds is 3. The summed E-state index contributed by atoms with van der Waals surface area (Å²) in [4.78, 5) is 36.6. The number of carbonyl (C=O) groups is 3. The van der Waals surface area contributed by atoms with Crippen LogP contribution in [-0.4, -0.2) is 34.7 Å². The minimum Gasteiger partial charge on any atom is -0.263 e. The summed E-state index contributed by atoms with van der Waals surface area (Å²) in [6.07, 6.45) is 0.816. The predicted molar refractivity (Wildman–Crippen MR) is 64.5 cm³/mol. The van der Waals surface area contributed by atoms with E-state index in [1.54, 1.807) is 0 Å². The largest absolute Gasteiger partial charge is 0.334 e. The maximum Gasteiger partial charge on any atom is 0.334 e. The third-order valence-electron chi connectivity index (χ3n) is 3.08. The van der Waals surface area contributed by atoms with Gasteiger partial charge in [0.1, 0.15) is 0 Å². The Hall–Kier alpha value is -2.17. The van der Waals surface area contributed by atoms with Crippen LogP contribution in [-0.2, 0) is 22.6 Å². The van der Waals surface area contributed by atoms with Gasteiger partial charge in [0, 0.05) is 7.05 Å². The van der Waals surface area contributed by atoms with Crippen LogP contribution in [0, 0.1) is 0 Å². The molecule has 0 aromatic heterocycles. The van der Waals surface area contributed by atoms with E-state index in [4.69, 9.17) is 0 Å². The van der Waals surface area contributed by atoms with E-state index in [0.29, 0.717) is 0 Å². The molecule has 1 saturated heterocycles. The van der Waals surface area contributed by atoms with Crippen molar-refractivity contribution in [3.05, 3.63) is 35.4 Å². The van der Waals surface area contributed by atoms with Crippen molar-refractivity contribution in [3.63, 3.8) is 0 Å². The zero-order valence-electron chi connectivity index (χ0n) is 10.3. The van der Waals surface area contributed by atoms with Gasteiger partial charge >= 0.3 is 17.8 Å². The number of nitrogens with zero attached hydrogens (tertiary/aromatic N) is 2. The van der Waals surface area contributed by atoms with Crippen LogP contribution in [0.15, 0.2) is 24.3 Å². The van der Waals surface area contributed by atoms with Crippen LogP contribution in [0.4, 0.5) is 4.79 Å². The van der Waals surface area contributed by atoms with Gasteiger partial charge in [-0.05, 0) is 17.5 Å². The lowest BCUT2D eigenvalue weighted by atomic mass is 10.1. The van der Waals surface area contributed by atoms with Crippen molar-refractivity contribution in [1.29, 1.82) is 0 Å². The minimum absolute atomic E-state index is 0.151. The molecule has 0 atom stereocenters. The van der Waals surface area contributed by atoms with Gasteiger partial charge in [-0.2, -0.15) is 0 Å². The third kappa shape index (κ3) is 1.88. The monoisotopic (exact) mass is 246 g/mol. The Morgan fingerprint density at radius 1 is 1.00 bits per heavy atom. The number of aryl methyl sites for hydroxylation is 1. The number of urea groups is 1. The van der Waals surface area contributed by atoms with Crippen molar-refractivity contribution >= 4 is 17.8 Å². The standard InChI is InChI=1S/C13H14N2O3/c1-3-9-6-4-5-7-10(9)8-15-12(17)11(16)14(2)13(15)18/h4-7H,3,8H2,1-2H3.